The molecule has 36 heavy (non-hydrogen) atoms. The molecule has 5 nitrogen and oxygen atoms in total. The van der Waals surface area contributed by atoms with E-state index in [1.165, 1.54) is 43.5 Å². The van der Waals surface area contributed by atoms with E-state index in [1.54, 1.807) is 24.3 Å². The summed E-state index contributed by atoms with van der Waals surface area (Å²) in [5.41, 5.74) is -0.658. The van der Waals surface area contributed by atoms with Gasteiger partial charge in [-0.25, -0.2) is 9.59 Å². The van der Waals surface area contributed by atoms with Crippen molar-refractivity contribution < 1.29 is 37.0 Å². The first-order valence-electron chi connectivity index (χ1n) is 11.7. The number of carbonyl (C=O) groups is 2. The summed E-state index contributed by atoms with van der Waals surface area (Å²) in [5.74, 6) is -0.229. The van der Waals surface area contributed by atoms with Crippen LogP contribution < -0.4 is 14.2 Å². The molecule has 8 heteroatoms. The summed E-state index contributed by atoms with van der Waals surface area (Å²) < 4.78 is 54.2. The summed E-state index contributed by atoms with van der Waals surface area (Å²) >= 11 is 0. The maximum absolute atomic E-state index is 12.7. The fourth-order valence-corrected chi connectivity index (χ4v) is 3.29. The first-order chi connectivity index (χ1) is 17.3. The Morgan fingerprint density at radius 2 is 1.08 bits per heavy atom. The van der Waals surface area contributed by atoms with Crippen molar-refractivity contribution in [1.82, 2.24) is 0 Å². The van der Waals surface area contributed by atoms with Crippen molar-refractivity contribution in [2.75, 3.05) is 6.61 Å². The van der Waals surface area contributed by atoms with Crippen LogP contribution in [-0.4, -0.2) is 18.5 Å². The van der Waals surface area contributed by atoms with E-state index in [0.717, 1.165) is 37.1 Å². The molecule has 3 aromatic carbocycles. The lowest BCUT2D eigenvalue weighted by Gasteiger charge is -2.09. The molecule has 0 saturated carbocycles. The molecule has 0 heterocycles. The average molecular weight is 501 g/mol. The highest BCUT2D eigenvalue weighted by Crippen LogP contribution is 2.29. The van der Waals surface area contributed by atoms with Gasteiger partial charge in [0.05, 0.1) is 23.3 Å². The maximum Gasteiger partial charge on any atom is 0.416 e. The third kappa shape index (κ3) is 8.15. The van der Waals surface area contributed by atoms with Crippen LogP contribution in [0.5, 0.6) is 17.2 Å². The Morgan fingerprint density at radius 3 is 1.58 bits per heavy atom. The Morgan fingerprint density at radius 1 is 0.639 bits per heavy atom. The number of halogens is 3. The van der Waals surface area contributed by atoms with Gasteiger partial charge in [0.1, 0.15) is 17.2 Å². The normalized spacial score (nSPS) is 11.1. The lowest BCUT2D eigenvalue weighted by Crippen LogP contribution is -2.11. The highest BCUT2D eigenvalue weighted by Gasteiger charge is 2.30. The van der Waals surface area contributed by atoms with Gasteiger partial charge in [-0.15, -0.1) is 0 Å². The van der Waals surface area contributed by atoms with E-state index in [1.807, 2.05) is 0 Å². The molecule has 0 aromatic heterocycles. The van der Waals surface area contributed by atoms with Gasteiger partial charge in [-0.1, -0.05) is 32.6 Å². The number of benzene rings is 3. The molecule has 0 spiro atoms. The maximum atomic E-state index is 12.7. The Hall–Kier alpha value is -3.81. The largest absolute Gasteiger partial charge is 0.494 e. The van der Waals surface area contributed by atoms with Crippen LogP contribution in [0.3, 0.4) is 0 Å². The number of rotatable bonds is 11. The fraction of sp³-hybridized carbons (Fsp3) is 0.286. The highest BCUT2D eigenvalue weighted by molar-refractivity contribution is 5.92. The zero-order valence-corrected chi connectivity index (χ0v) is 19.8. The summed E-state index contributed by atoms with van der Waals surface area (Å²) in [6.07, 6.45) is 1.28. The Balaban J connectivity index is 1.48. The SMILES string of the molecule is CCCCCCCOc1ccc(OC(=O)c2ccc(OC(=O)c3ccc(C(F)(F)F)cc3)cc2)cc1. The van der Waals surface area contributed by atoms with Crippen molar-refractivity contribution in [2.24, 2.45) is 0 Å². The predicted molar refractivity (Wildman–Crippen MR) is 128 cm³/mol. The fourth-order valence-electron chi connectivity index (χ4n) is 3.29. The Bertz CT molecular complexity index is 1120. The van der Waals surface area contributed by atoms with E-state index in [0.29, 0.717) is 18.1 Å². The van der Waals surface area contributed by atoms with Crippen molar-refractivity contribution in [1.29, 1.82) is 0 Å². The van der Waals surface area contributed by atoms with Gasteiger partial charge in [0.15, 0.2) is 0 Å². The molecule has 0 aliphatic rings. The number of esters is 2. The highest BCUT2D eigenvalue weighted by atomic mass is 19.4. The molecule has 3 rings (SSSR count). The molecule has 190 valence electrons. The molecule has 0 aliphatic heterocycles. The van der Waals surface area contributed by atoms with Crippen LogP contribution in [0.15, 0.2) is 72.8 Å². The second-order valence-corrected chi connectivity index (χ2v) is 8.11. The molecular weight excluding hydrogens is 473 g/mol. The predicted octanol–water partition coefficient (Wildman–Crippen LogP) is 7.49. The average Bonchev–Trinajstić information content (AvgIpc) is 2.87. The molecule has 0 N–H and O–H groups in total. The zero-order valence-electron chi connectivity index (χ0n) is 19.8. The summed E-state index contributed by atoms with van der Waals surface area (Å²) in [6.45, 7) is 2.81. The third-order valence-corrected chi connectivity index (χ3v) is 5.30. The van der Waals surface area contributed by atoms with Crippen molar-refractivity contribution >= 4 is 11.9 Å². The zero-order chi connectivity index (χ0) is 26.0. The van der Waals surface area contributed by atoms with Gasteiger partial charge < -0.3 is 14.2 Å². The second kappa shape index (κ2) is 12.8. The molecule has 0 fully saturated rings. The molecular formula is C28H27F3O5. The van der Waals surface area contributed by atoms with Gasteiger partial charge in [-0.3, -0.25) is 0 Å². The molecule has 0 saturated heterocycles. The third-order valence-electron chi connectivity index (χ3n) is 5.30. The first-order valence-corrected chi connectivity index (χ1v) is 11.7. The van der Waals surface area contributed by atoms with Crippen LogP contribution >= 0.6 is 0 Å². The molecule has 0 unspecified atom stereocenters. The van der Waals surface area contributed by atoms with Gasteiger partial charge >= 0.3 is 18.1 Å². The molecule has 0 aliphatic carbocycles. The lowest BCUT2D eigenvalue weighted by molar-refractivity contribution is -0.137. The first kappa shape index (κ1) is 26.8. The minimum atomic E-state index is -4.49. The molecule has 0 atom stereocenters. The van der Waals surface area contributed by atoms with E-state index in [-0.39, 0.29) is 16.9 Å². The van der Waals surface area contributed by atoms with E-state index in [4.69, 9.17) is 14.2 Å². The molecule has 0 bridgehead atoms. The topological polar surface area (TPSA) is 61.8 Å². The van der Waals surface area contributed by atoms with Crippen molar-refractivity contribution in [2.45, 2.75) is 45.2 Å². The monoisotopic (exact) mass is 500 g/mol. The van der Waals surface area contributed by atoms with Crippen molar-refractivity contribution in [3.8, 4) is 17.2 Å². The van der Waals surface area contributed by atoms with E-state index in [9.17, 15) is 22.8 Å². The molecule has 3 aromatic rings. The summed E-state index contributed by atoms with van der Waals surface area (Å²) in [5, 5.41) is 0. The van der Waals surface area contributed by atoms with Crippen molar-refractivity contribution in [3.63, 3.8) is 0 Å². The minimum Gasteiger partial charge on any atom is -0.494 e. The van der Waals surface area contributed by atoms with E-state index < -0.39 is 23.7 Å². The summed E-state index contributed by atoms with van der Waals surface area (Å²) in [4.78, 5) is 24.6. The number of carbonyl (C=O) groups excluding carboxylic acids is 2. The standard InChI is InChI=1S/C28H27F3O5/c1-2-3-4-5-6-19-34-23-15-17-25(18-16-23)36-27(33)21-9-13-24(14-10-21)35-26(32)20-7-11-22(12-8-20)28(29,30)31/h7-18H,2-6,19H2,1H3. The lowest BCUT2D eigenvalue weighted by atomic mass is 10.1. The van der Waals surface area contributed by atoms with Crippen molar-refractivity contribution in [3.05, 3.63) is 89.5 Å². The van der Waals surface area contributed by atoms with Crippen LogP contribution in [-0.2, 0) is 6.18 Å². The van der Waals surface area contributed by atoms with Gasteiger partial charge in [-0.05, 0) is 79.2 Å². The van der Waals surface area contributed by atoms with Crippen LogP contribution in [0.25, 0.3) is 0 Å². The van der Waals surface area contributed by atoms with Crippen LogP contribution in [0, 0.1) is 0 Å². The van der Waals surface area contributed by atoms with Crippen LogP contribution in [0.4, 0.5) is 13.2 Å². The minimum absolute atomic E-state index is 0.0320. The summed E-state index contributed by atoms with van der Waals surface area (Å²) in [7, 11) is 0. The van der Waals surface area contributed by atoms with Gasteiger partial charge in [0.2, 0.25) is 0 Å². The van der Waals surface area contributed by atoms with Crippen LogP contribution in [0.2, 0.25) is 0 Å². The summed E-state index contributed by atoms with van der Waals surface area (Å²) in [6, 6.07) is 16.1. The Kier molecular flexibility index (Phi) is 9.50. The number of hydrogen-bond acceptors (Lipinski definition) is 5. The second-order valence-electron chi connectivity index (χ2n) is 8.11. The van der Waals surface area contributed by atoms with E-state index >= 15 is 0 Å². The number of hydrogen-bond donors (Lipinski definition) is 0. The Labute approximate surface area is 207 Å². The quantitative estimate of drug-likeness (QED) is 0.155. The van der Waals surface area contributed by atoms with Gasteiger partial charge in [0, 0.05) is 0 Å². The molecule has 0 radical (unpaired) electrons. The number of ether oxygens (including phenoxy) is 3. The number of alkyl halides is 3. The molecule has 0 amide bonds. The van der Waals surface area contributed by atoms with E-state index in [2.05, 4.69) is 6.92 Å². The van der Waals surface area contributed by atoms with Crippen LogP contribution in [0.1, 0.15) is 65.3 Å². The van der Waals surface area contributed by atoms with Gasteiger partial charge in [-0.2, -0.15) is 13.2 Å². The number of unbranched alkanes of at least 4 members (excludes halogenated alkanes) is 4. The van der Waals surface area contributed by atoms with Gasteiger partial charge in [0.25, 0.3) is 0 Å². The smallest absolute Gasteiger partial charge is 0.416 e.